The second kappa shape index (κ2) is 14.1. The number of aliphatic hydroxyl groups excluding tert-OH is 1. The Morgan fingerprint density at radius 1 is 0.959 bits per heavy atom. The molecule has 10 nitrogen and oxygen atoms in total. The first kappa shape index (κ1) is 32.9. The van der Waals surface area contributed by atoms with Crippen molar-refractivity contribution in [3.63, 3.8) is 0 Å². The van der Waals surface area contributed by atoms with Crippen molar-refractivity contribution >= 4 is 45.6 Å². The molecule has 2 aliphatic heterocycles. The van der Waals surface area contributed by atoms with Crippen LogP contribution in [0.2, 0.25) is 5.02 Å². The van der Waals surface area contributed by atoms with Gasteiger partial charge in [0, 0.05) is 68.5 Å². The van der Waals surface area contributed by atoms with E-state index in [0.29, 0.717) is 29.6 Å². The number of aromatic nitrogens is 3. The molecule has 2 fully saturated rings. The van der Waals surface area contributed by atoms with E-state index in [2.05, 4.69) is 31.5 Å². The number of aryl methyl sites for hydroxylation is 1. The van der Waals surface area contributed by atoms with Crippen molar-refractivity contribution in [2.24, 2.45) is 7.05 Å². The fourth-order valence-electron chi connectivity index (χ4n) is 6.94. The summed E-state index contributed by atoms with van der Waals surface area (Å²) in [6.07, 6.45) is 8.32. The lowest BCUT2D eigenvalue weighted by Gasteiger charge is -2.18. The number of nitrogens with one attached hydrogen (secondary N) is 2. The second-order valence-corrected chi connectivity index (χ2v) is 13.5. The fraction of sp³-hybridized carbons (Fsp3) is 0.316. The highest BCUT2D eigenvalue weighted by Gasteiger charge is 2.21. The van der Waals surface area contributed by atoms with Crippen molar-refractivity contribution in [1.82, 2.24) is 24.3 Å². The molecule has 0 radical (unpaired) electrons. The van der Waals surface area contributed by atoms with Crippen LogP contribution in [0.25, 0.3) is 22.0 Å². The number of anilines is 3. The third kappa shape index (κ3) is 7.09. The first-order chi connectivity index (χ1) is 23.7. The number of rotatable bonds is 9. The fourth-order valence-corrected chi connectivity index (χ4v) is 7.22. The monoisotopic (exact) mass is 677 g/mol. The average Bonchev–Trinajstić information content (AvgIpc) is 3.76. The number of hydrogen-bond donors (Lipinski definition) is 3. The Morgan fingerprint density at radius 2 is 1.71 bits per heavy atom. The number of benzene rings is 2. The maximum atomic E-state index is 13.5. The maximum absolute atomic E-state index is 13.5. The molecule has 0 aliphatic carbocycles. The third-order valence-electron chi connectivity index (χ3n) is 9.52. The lowest BCUT2D eigenvalue weighted by atomic mass is 9.98. The van der Waals surface area contributed by atoms with Gasteiger partial charge in [-0.3, -0.25) is 24.4 Å². The molecule has 7 rings (SSSR count). The Balaban J connectivity index is 1.12. The van der Waals surface area contributed by atoms with Crippen molar-refractivity contribution in [3.05, 3.63) is 111 Å². The van der Waals surface area contributed by atoms with Crippen molar-refractivity contribution in [2.45, 2.75) is 45.4 Å². The van der Waals surface area contributed by atoms with Gasteiger partial charge in [0.1, 0.15) is 11.1 Å². The minimum absolute atomic E-state index is 0.0845. The van der Waals surface area contributed by atoms with Gasteiger partial charge >= 0.3 is 0 Å². The molecule has 2 aliphatic rings. The van der Waals surface area contributed by atoms with Gasteiger partial charge in [0.2, 0.25) is 0 Å². The number of pyridine rings is 3. The van der Waals surface area contributed by atoms with Gasteiger partial charge in [-0.05, 0) is 91.9 Å². The van der Waals surface area contributed by atoms with Gasteiger partial charge in [-0.25, -0.2) is 4.98 Å². The third-order valence-corrected chi connectivity index (χ3v) is 9.93. The van der Waals surface area contributed by atoms with E-state index in [-0.39, 0.29) is 17.2 Å². The Hall–Kier alpha value is -4.61. The maximum Gasteiger partial charge on any atom is 0.263 e. The molecule has 1 amide bonds. The summed E-state index contributed by atoms with van der Waals surface area (Å²) < 4.78 is 1.47. The largest absolute Gasteiger partial charge is 0.392 e. The lowest BCUT2D eigenvalue weighted by molar-refractivity contribution is 0.102. The SMILES string of the molecule is Cc1c(Nc2nccc3cc(CN4CC[C@@H](O)C4)cnc23)cccc1-c1cccc(NC(=O)c2cc(CN3CCCC3)cn(C)c2=O)c1Cl. The van der Waals surface area contributed by atoms with E-state index in [1.165, 1.54) is 4.57 Å². The highest BCUT2D eigenvalue weighted by atomic mass is 35.5. The molecule has 2 saturated heterocycles. The number of β-amino-alcohol motifs (C(OH)–C–C–N with tert-alkyl or cyclic N) is 1. The predicted molar refractivity (Wildman–Crippen MR) is 194 cm³/mol. The molecule has 2 aromatic carbocycles. The molecular weight excluding hydrogens is 638 g/mol. The van der Waals surface area contributed by atoms with Crippen LogP contribution in [0.3, 0.4) is 0 Å². The van der Waals surface area contributed by atoms with Gasteiger partial charge < -0.3 is 20.3 Å². The van der Waals surface area contributed by atoms with E-state index < -0.39 is 5.91 Å². The minimum atomic E-state index is -0.495. The molecule has 0 bridgehead atoms. The number of likely N-dealkylation sites (tertiary alicyclic amines) is 2. The van der Waals surface area contributed by atoms with Crippen LogP contribution in [-0.4, -0.2) is 67.6 Å². The molecule has 0 spiro atoms. The summed E-state index contributed by atoms with van der Waals surface area (Å²) in [7, 11) is 1.67. The molecule has 3 N–H and O–H groups in total. The van der Waals surface area contributed by atoms with Crippen LogP contribution in [0, 0.1) is 6.92 Å². The van der Waals surface area contributed by atoms with Crippen LogP contribution >= 0.6 is 11.6 Å². The molecule has 1 atom stereocenters. The van der Waals surface area contributed by atoms with E-state index >= 15 is 0 Å². The van der Waals surface area contributed by atoms with Crippen LogP contribution in [0.15, 0.2) is 78.0 Å². The zero-order valence-corrected chi connectivity index (χ0v) is 28.5. The van der Waals surface area contributed by atoms with Gasteiger partial charge in [-0.1, -0.05) is 35.9 Å². The van der Waals surface area contributed by atoms with Crippen molar-refractivity contribution < 1.29 is 9.90 Å². The molecule has 49 heavy (non-hydrogen) atoms. The van der Waals surface area contributed by atoms with Crippen molar-refractivity contribution in [1.29, 1.82) is 0 Å². The second-order valence-electron chi connectivity index (χ2n) is 13.1. The lowest BCUT2D eigenvalue weighted by Crippen LogP contribution is -2.29. The van der Waals surface area contributed by atoms with Gasteiger partial charge in [0.15, 0.2) is 5.82 Å². The summed E-state index contributed by atoms with van der Waals surface area (Å²) in [5.41, 5.74) is 6.35. The normalized spacial score (nSPS) is 16.8. The number of amides is 1. The Morgan fingerprint density at radius 3 is 2.49 bits per heavy atom. The van der Waals surface area contributed by atoms with Crippen LogP contribution in [-0.2, 0) is 20.1 Å². The predicted octanol–water partition coefficient (Wildman–Crippen LogP) is 6.12. The smallest absolute Gasteiger partial charge is 0.263 e. The number of carbonyl (C=O) groups is 1. The Bertz CT molecular complexity index is 2090. The molecule has 5 aromatic rings. The van der Waals surface area contributed by atoms with Crippen LogP contribution in [0.4, 0.5) is 17.2 Å². The molecule has 5 heterocycles. The number of fused-ring (bicyclic) bond motifs is 1. The number of hydrogen-bond acceptors (Lipinski definition) is 8. The first-order valence-electron chi connectivity index (χ1n) is 16.8. The first-order valence-corrected chi connectivity index (χ1v) is 17.1. The van der Waals surface area contributed by atoms with E-state index in [4.69, 9.17) is 16.6 Å². The van der Waals surface area contributed by atoms with E-state index in [9.17, 15) is 14.7 Å². The topological polar surface area (TPSA) is 116 Å². The summed E-state index contributed by atoms with van der Waals surface area (Å²) in [4.78, 5) is 40.4. The quantitative estimate of drug-likeness (QED) is 0.171. The van der Waals surface area contributed by atoms with Crippen LogP contribution in [0.1, 0.15) is 46.3 Å². The molecule has 11 heteroatoms. The molecular formula is C38H40ClN7O3. The van der Waals surface area contributed by atoms with E-state index in [1.54, 1.807) is 31.6 Å². The highest BCUT2D eigenvalue weighted by molar-refractivity contribution is 6.36. The van der Waals surface area contributed by atoms with Crippen molar-refractivity contribution in [3.8, 4) is 11.1 Å². The Labute approximate surface area is 290 Å². The van der Waals surface area contributed by atoms with Gasteiger partial charge in [0.25, 0.3) is 11.5 Å². The zero-order valence-electron chi connectivity index (χ0n) is 27.7. The summed E-state index contributed by atoms with van der Waals surface area (Å²) in [6.45, 7) is 7.05. The zero-order chi connectivity index (χ0) is 34.1. The summed E-state index contributed by atoms with van der Waals surface area (Å²) in [5, 5.41) is 17.6. The number of carbonyl (C=O) groups excluding carboxylic acids is 1. The number of nitrogens with zero attached hydrogens (tertiary/aromatic N) is 5. The average molecular weight is 678 g/mol. The van der Waals surface area contributed by atoms with Gasteiger partial charge in [0.05, 0.1) is 16.8 Å². The standard InChI is InChI=1S/C38H40ClN7O3/c1-24-29(7-5-9-32(24)42-36-35-27(11-13-40-36)17-25(19-41-35)21-46-16-12-28(47)23-46)30-8-6-10-33(34(30)39)43-37(48)31-18-26(20-44(2)38(31)49)22-45-14-3-4-15-45/h5-11,13,17-20,28,47H,3-4,12,14-16,21-23H2,1-2H3,(H,40,42)(H,43,48)/t28-/m1/s1. The van der Waals surface area contributed by atoms with Crippen molar-refractivity contribution in [2.75, 3.05) is 36.8 Å². The van der Waals surface area contributed by atoms with Crippen LogP contribution < -0.4 is 16.2 Å². The minimum Gasteiger partial charge on any atom is -0.392 e. The van der Waals surface area contributed by atoms with E-state index in [1.807, 2.05) is 49.5 Å². The molecule has 252 valence electrons. The highest BCUT2D eigenvalue weighted by Crippen LogP contribution is 2.38. The number of aliphatic hydroxyl groups is 1. The van der Waals surface area contributed by atoms with E-state index in [0.717, 1.165) is 89.8 Å². The number of halogens is 1. The molecule has 0 unspecified atom stereocenters. The Kier molecular flexibility index (Phi) is 9.46. The van der Waals surface area contributed by atoms with Gasteiger partial charge in [-0.2, -0.15) is 0 Å². The summed E-state index contributed by atoms with van der Waals surface area (Å²) >= 11 is 6.97. The summed E-state index contributed by atoms with van der Waals surface area (Å²) in [6, 6.07) is 17.2. The molecule has 3 aromatic heterocycles. The van der Waals surface area contributed by atoms with Gasteiger partial charge in [-0.15, -0.1) is 0 Å². The summed E-state index contributed by atoms with van der Waals surface area (Å²) in [5.74, 6) is 0.146. The molecule has 0 saturated carbocycles. The van der Waals surface area contributed by atoms with Crippen LogP contribution in [0.5, 0.6) is 0 Å².